The van der Waals surface area contributed by atoms with Crippen LogP contribution in [0.1, 0.15) is 0 Å². The maximum Gasteiger partial charge on any atom is 0.205 e. The molecular weight excluding hydrogens is 220 g/mol. The minimum Gasteiger partial charge on any atom is -0.502 e. The van der Waals surface area contributed by atoms with Crippen molar-refractivity contribution < 1.29 is 19.4 Å². The van der Waals surface area contributed by atoms with Crippen molar-refractivity contribution >= 4 is 21.9 Å². The van der Waals surface area contributed by atoms with Crippen LogP contribution >= 0.6 is 0 Å². The molecule has 0 aliphatic carbocycles. The Balaban J connectivity index is 2.54. The zero-order valence-electron chi connectivity index (χ0n) is 9.10. The highest BCUT2D eigenvalue weighted by molar-refractivity contribution is 6.08. The quantitative estimate of drug-likeness (QED) is 0.631. The van der Waals surface area contributed by atoms with Crippen LogP contribution in [-0.2, 0) is 0 Å². The number of rotatable bonds is 1. The molecule has 3 rings (SSSR count). The molecule has 1 aromatic heterocycles. The summed E-state index contributed by atoms with van der Waals surface area (Å²) in [4.78, 5) is 0. The number of furan rings is 1. The predicted octanol–water partition coefficient (Wildman–Crippen LogP) is 3.01. The van der Waals surface area contributed by atoms with E-state index in [4.69, 9.17) is 9.15 Å². The Morgan fingerprint density at radius 3 is 2.59 bits per heavy atom. The number of methoxy groups -OCH3 is 1. The standard InChI is InChI=1S/C13H10O4/c1-16-10-6-8-7-4-2-3-5-9(7)17-13(8)12(15)11(10)14/h2-6,14-15H,1H3. The molecule has 0 aliphatic heterocycles. The molecule has 4 heteroatoms. The molecule has 0 spiro atoms. The third-order valence-electron chi connectivity index (χ3n) is 2.80. The van der Waals surface area contributed by atoms with Gasteiger partial charge in [0.25, 0.3) is 0 Å². The first kappa shape index (κ1) is 9.84. The van der Waals surface area contributed by atoms with Crippen molar-refractivity contribution in [1.29, 1.82) is 0 Å². The molecule has 0 fully saturated rings. The van der Waals surface area contributed by atoms with E-state index in [1.807, 2.05) is 18.2 Å². The average Bonchev–Trinajstić information content (AvgIpc) is 2.72. The van der Waals surface area contributed by atoms with Gasteiger partial charge in [-0.3, -0.25) is 0 Å². The zero-order valence-corrected chi connectivity index (χ0v) is 9.10. The third-order valence-corrected chi connectivity index (χ3v) is 2.80. The van der Waals surface area contributed by atoms with Crippen molar-refractivity contribution in [3.05, 3.63) is 30.3 Å². The first-order valence-corrected chi connectivity index (χ1v) is 5.12. The molecule has 0 amide bonds. The summed E-state index contributed by atoms with van der Waals surface area (Å²) in [5.74, 6) is -0.379. The second-order valence-corrected chi connectivity index (χ2v) is 3.75. The number of para-hydroxylation sites is 1. The summed E-state index contributed by atoms with van der Waals surface area (Å²) in [5.41, 5.74) is 0.926. The van der Waals surface area contributed by atoms with Crippen LogP contribution in [0, 0.1) is 0 Å². The lowest BCUT2D eigenvalue weighted by Gasteiger charge is -2.04. The van der Waals surface area contributed by atoms with Crippen molar-refractivity contribution in [2.45, 2.75) is 0 Å². The number of phenolic OH excluding ortho intramolecular Hbond substituents is 2. The molecular formula is C13H10O4. The van der Waals surface area contributed by atoms with E-state index in [0.29, 0.717) is 11.0 Å². The van der Waals surface area contributed by atoms with E-state index in [-0.39, 0.29) is 22.8 Å². The van der Waals surface area contributed by atoms with E-state index in [0.717, 1.165) is 5.39 Å². The second-order valence-electron chi connectivity index (χ2n) is 3.75. The van der Waals surface area contributed by atoms with E-state index >= 15 is 0 Å². The number of aromatic hydroxyl groups is 2. The first-order valence-electron chi connectivity index (χ1n) is 5.12. The number of benzene rings is 2. The summed E-state index contributed by atoms with van der Waals surface area (Å²) in [6.07, 6.45) is 0. The van der Waals surface area contributed by atoms with Gasteiger partial charge in [-0.1, -0.05) is 18.2 Å². The van der Waals surface area contributed by atoms with Crippen LogP contribution in [0.2, 0.25) is 0 Å². The Hall–Kier alpha value is -2.36. The lowest BCUT2D eigenvalue weighted by Crippen LogP contribution is -1.83. The van der Waals surface area contributed by atoms with Gasteiger partial charge in [0.1, 0.15) is 5.58 Å². The highest BCUT2D eigenvalue weighted by atomic mass is 16.5. The molecule has 2 N–H and O–H groups in total. The number of ether oxygens (including phenoxy) is 1. The van der Waals surface area contributed by atoms with E-state index in [1.165, 1.54) is 7.11 Å². The van der Waals surface area contributed by atoms with Crippen LogP contribution in [0.25, 0.3) is 21.9 Å². The molecule has 0 bridgehead atoms. The van der Waals surface area contributed by atoms with E-state index < -0.39 is 0 Å². The number of phenols is 2. The van der Waals surface area contributed by atoms with Crippen LogP contribution in [0.4, 0.5) is 0 Å². The van der Waals surface area contributed by atoms with E-state index in [9.17, 15) is 10.2 Å². The number of hydrogen-bond acceptors (Lipinski definition) is 4. The minimum atomic E-state index is -0.306. The maximum atomic E-state index is 9.85. The van der Waals surface area contributed by atoms with Gasteiger partial charge in [0.05, 0.1) is 7.11 Å². The molecule has 17 heavy (non-hydrogen) atoms. The fourth-order valence-electron chi connectivity index (χ4n) is 1.96. The monoisotopic (exact) mass is 230 g/mol. The van der Waals surface area contributed by atoms with Crippen molar-refractivity contribution in [2.24, 2.45) is 0 Å². The van der Waals surface area contributed by atoms with Crippen molar-refractivity contribution in [3.63, 3.8) is 0 Å². The summed E-state index contributed by atoms with van der Waals surface area (Å²) in [6, 6.07) is 9.07. The van der Waals surface area contributed by atoms with Gasteiger partial charge in [-0.2, -0.15) is 0 Å². The summed E-state index contributed by atoms with van der Waals surface area (Å²) in [7, 11) is 1.43. The highest BCUT2D eigenvalue weighted by Gasteiger charge is 2.17. The van der Waals surface area contributed by atoms with Crippen LogP contribution in [-0.4, -0.2) is 17.3 Å². The Kier molecular flexibility index (Phi) is 1.92. The summed E-state index contributed by atoms with van der Waals surface area (Å²) in [6.45, 7) is 0. The van der Waals surface area contributed by atoms with Crippen molar-refractivity contribution in [2.75, 3.05) is 7.11 Å². The molecule has 3 aromatic rings. The normalized spacial score (nSPS) is 11.1. The van der Waals surface area contributed by atoms with Crippen molar-refractivity contribution in [1.82, 2.24) is 0 Å². The van der Waals surface area contributed by atoms with Crippen LogP contribution in [0.5, 0.6) is 17.2 Å². The highest BCUT2D eigenvalue weighted by Crippen LogP contribution is 2.45. The molecule has 4 nitrogen and oxygen atoms in total. The van der Waals surface area contributed by atoms with Gasteiger partial charge in [-0.15, -0.1) is 0 Å². The van der Waals surface area contributed by atoms with Gasteiger partial charge < -0.3 is 19.4 Å². The topological polar surface area (TPSA) is 62.8 Å². The first-order chi connectivity index (χ1) is 8.22. The van der Waals surface area contributed by atoms with Crippen LogP contribution in [0.15, 0.2) is 34.7 Å². The average molecular weight is 230 g/mol. The zero-order chi connectivity index (χ0) is 12.0. The Morgan fingerprint density at radius 1 is 1.06 bits per heavy atom. The molecule has 0 saturated carbocycles. The summed E-state index contributed by atoms with van der Waals surface area (Å²) < 4.78 is 10.5. The predicted molar refractivity (Wildman–Crippen MR) is 63.6 cm³/mol. The molecule has 0 radical (unpaired) electrons. The molecule has 0 unspecified atom stereocenters. The fourth-order valence-corrected chi connectivity index (χ4v) is 1.96. The largest absolute Gasteiger partial charge is 0.502 e. The Bertz CT molecular complexity index is 712. The van der Waals surface area contributed by atoms with Gasteiger partial charge in [0.15, 0.2) is 11.3 Å². The molecule has 2 aromatic carbocycles. The molecule has 0 atom stereocenters. The Labute approximate surface area is 96.7 Å². The lowest BCUT2D eigenvalue weighted by molar-refractivity contribution is 0.351. The van der Waals surface area contributed by atoms with E-state index in [1.54, 1.807) is 12.1 Å². The minimum absolute atomic E-state index is 0.224. The number of hydrogen-bond donors (Lipinski definition) is 2. The molecule has 0 saturated heterocycles. The van der Waals surface area contributed by atoms with Crippen LogP contribution < -0.4 is 4.74 Å². The van der Waals surface area contributed by atoms with Gasteiger partial charge in [0, 0.05) is 10.8 Å². The van der Waals surface area contributed by atoms with Gasteiger partial charge in [-0.25, -0.2) is 0 Å². The summed E-state index contributed by atoms with van der Waals surface area (Å²) >= 11 is 0. The third kappa shape index (κ3) is 1.24. The number of fused-ring (bicyclic) bond motifs is 3. The lowest BCUT2D eigenvalue weighted by atomic mass is 10.1. The summed E-state index contributed by atoms with van der Waals surface area (Å²) in [5, 5.41) is 21.1. The van der Waals surface area contributed by atoms with Gasteiger partial charge in [0.2, 0.25) is 11.5 Å². The van der Waals surface area contributed by atoms with Gasteiger partial charge >= 0.3 is 0 Å². The molecule has 0 aliphatic rings. The van der Waals surface area contributed by atoms with Crippen LogP contribution in [0.3, 0.4) is 0 Å². The second kappa shape index (κ2) is 3.31. The smallest absolute Gasteiger partial charge is 0.205 e. The Morgan fingerprint density at radius 2 is 1.82 bits per heavy atom. The SMILES string of the molecule is COc1cc2c(oc3ccccc32)c(O)c1O. The molecule has 1 heterocycles. The van der Waals surface area contributed by atoms with Gasteiger partial charge in [-0.05, 0) is 12.1 Å². The van der Waals surface area contributed by atoms with Crippen molar-refractivity contribution in [3.8, 4) is 17.2 Å². The van der Waals surface area contributed by atoms with E-state index in [2.05, 4.69) is 0 Å². The fraction of sp³-hybridized carbons (Fsp3) is 0.0769. The molecule has 86 valence electrons. The maximum absolute atomic E-state index is 9.85.